The van der Waals surface area contributed by atoms with Gasteiger partial charge in [0, 0.05) is 12.3 Å². The van der Waals surface area contributed by atoms with Crippen LogP contribution in [0, 0.1) is 46.6 Å². The fraction of sp³-hybridized carbons (Fsp3) is 0.345. The molecule has 2 aromatic rings. The van der Waals surface area contributed by atoms with E-state index in [0.717, 1.165) is 21.9 Å². The second-order valence-corrected chi connectivity index (χ2v) is 10.6. The molecule has 2 saturated heterocycles. The zero-order valence-electron chi connectivity index (χ0n) is 21.3. The average Bonchev–Trinajstić information content (AvgIpc) is 3.33. The number of amides is 4. The molecular weight excluding hydrogens is 510 g/mol. The molecule has 2 unspecified atom stereocenters. The Morgan fingerprint density at radius 3 is 1.64 bits per heavy atom. The van der Waals surface area contributed by atoms with Crippen LogP contribution in [0.25, 0.3) is 0 Å². The van der Waals surface area contributed by atoms with Crippen molar-refractivity contribution in [2.75, 3.05) is 9.80 Å². The SMILES string of the molecule is CCC(=O)OC1=C(C)C2[C@H]3C(=O)N(c4ccccc4F)C(=O)[C@H]3C1(C)[C@H]1C(=O)N(c3ccccc3F)C(=O)[C@@H]21. The van der Waals surface area contributed by atoms with Gasteiger partial charge in [0.25, 0.3) is 0 Å². The first kappa shape index (κ1) is 25.1. The van der Waals surface area contributed by atoms with Gasteiger partial charge in [-0.15, -0.1) is 0 Å². The lowest BCUT2D eigenvalue weighted by Gasteiger charge is -2.55. The Morgan fingerprint density at radius 2 is 1.23 bits per heavy atom. The standard InChI is InChI=1S/C29H24F2N2O6/c1-4-18(34)39-24-13(2)19-20-22(27(37)32(25(20)35)16-11-7-5-9-14(16)30)29(24,3)23-21(19)26(36)33(28(23)38)17-12-8-6-10-15(17)31/h5-12,19-23H,4H2,1-3H3/t19?,20-,21+,22+,23-,29?. The summed E-state index contributed by atoms with van der Waals surface area (Å²) < 4.78 is 35.3. The van der Waals surface area contributed by atoms with Crippen LogP contribution in [-0.2, 0) is 28.7 Å². The molecule has 2 bridgehead atoms. The summed E-state index contributed by atoms with van der Waals surface area (Å²) in [5.74, 6) is -10.6. The summed E-state index contributed by atoms with van der Waals surface area (Å²) in [7, 11) is 0. The van der Waals surface area contributed by atoms with Gasteiger partial charge in [0.2, 0.25) is 23.6 Å². The monoisotopic (exact) mass is 534 g/mol. The predicted octanol–water partition coefficient (Wildman–Crippen LogP) is 3.75. The summed E-state index contributed by atoms with van der Waals surface area (Å²) in [6.07, 6.45) is 0.00216. The molecule has 8 nitrogen and oxygen atoms in total. The number of allylic oxidation sites excluding steroid dienone is 2. The lowest BCUT2D eigenvalue weighted by molar-refractivity contribution is -0.160. The van der Waals surface area contributed by atoms with Crippen LogP contribution in [-0.4, -0.2) is 29.6 Å². The van der Waals surface area contributed by atoms with Gasteiger partial charge in [-0.25, -0.2) is 18.6 Å². The molecule has 0 radical (unpaired) electrons. The van der Waals surface area contributed by atoms with E-state index in [9.17, 15) is 32.8 Å². The fourth-order valence-electron chi connectivity index (χ4n) is 7.30. The van der Waals surface area contributed by atoms with Crippen molar-refractivity contribution in [2.24, 2.45) is 35.0 Å². The number of esters is 1. The number of carbonyl (C=O) groups is 5. The highest BCUT2D eigenvalue weighted by atomic mass is 19.1. The zero-order chi connectivity index (χ0) is 28.0. The Kier molecular flexibility index (Phi) is 5.40. The number of imide groups is 2. The van der Waals surface area contributed by atoms with Gasteiger partial charge < -0.3 is 4.74 Å². The van der Waals surface area contributed by atoms with Crippen molar-refractivity contribution < 1.29 is 37.5 Å². The highest BCUT2D eigenvalue weighted by Gasteiger charge is 2.77. The number of carbonyl (C=O) groups excluding carboxylic acids is 5. The molecule has 0 N–H and O–H groups in total. The van der Waals surface area contributed by atoms with Gasteiger partial charge in [-0.2, -0.15) is 0 Å². The molecule has 2 aromatic carbocycles. The van der Waals surface area contributed by atoms with Crippen LogP contribution in [0.15, 0.2) is 59.9 Å². The maximum atomic E-state index is 14.8. The van der Waals surface area contributed by atoms with Crippen molar-refractivity contribution in [3.63, 3.8) is 0 Å². The second-order valence-electron chi connectivity index (χ2n) is 10.6. The third-order valence-corrected chi connectivity index (χ3v) is 8.81. The van der Waals surface area contributed by atoms with Gasteiger partial charge in [0.15, 0.2) is 0 Å². The van der Waals surface area contributed by atoms with Crippen LogP contribution in [0.4, 0.5) is 20.2 Å². The summed E-state index contributed by atoms with van der Waals surface area (Å²) in [6.45, 7) is 4.73. The number of para-hydroxylation sites is 2. The van der Waals surface area contributed by atoms with Crippen molar-refractivity contribution >= 4 is 41.0 Å². The molecule has 2 heterocycles. The minimum atomic E-state index is -1.61. The number of hydrogen-bond donors (Lipinski definition) is 0. The highest BCUT2D eigenvalue weighted by Crippen LogP contribution is 2.69. The number of halogens is 2. The molecule has 10 heteroatoms. The van der Waals surface area contributed by atoms with E-state index < -0.39 is 76.2 Å². The first-order valence-corrected chi connectivity index (χ1v) is 12.7. The minimum Gasteiger partial charge on any atom is -0.430 e. The maximum absolute atomic E-state index is 14.8. The smallest absolute Gasteiger partial charge is 0.310 e. The lowest BCUT2D eigenvalue weighted by atomic mass is 9.45. The molecule has 3 aliphatic carbocycles. The van der Waals surface area contributed by atoms with Gasteiger partial charge in [-0.05, 0) is 36.8 Å². The summed E-state index contributed by atoms with van der Waals surface area (Å²) in [6, 6.07) is 10.7. The second kappa shape index (κ2) is 8.39. The molecule has 2 aliphatic heterocycles. The molecule has 0 aromatic heterocycles. The molecule has 39 heavy (non-hydrogen) atoms. The van der Waals surface area contributed by atoms with E-state index in [-0.39, 0.29) is 23.6 Å². The minimum absolute atomic E-state index is 0.00216. The quantitative estimate of drug-likeness (QED) is 0.438. The van der Waals surface area contributed by atoms with E-state index in [0.29, 0.717) is 5.57 Å². The Labute approximate surface area is 222 Å². The zero-order valence-corrected chi connectivity index (χ0v) is 21.3. The van der Waals surface area contributed by atoms with Crippen molar-refractivity contribution in [1.82, 2.24) is 0 Å². The predicted molar refractivity (Wildman–Crippen MR) is 132 cm³/mol. The van der Waals surface area contributed by atoms with E-state index in [2.05, 4.69) is 0 Å². The van der Waals surface area contributed by atoms with Crippen LogP contribution in [0.1, 0.15) is 27.2 Å². The van der Waals surface area contributed by atoms with E-state index in [4.69, 9.17) is 4.74 Å². The summed E-state index contributed by atoms with van der Waals surface area (Å²) >= 11 is 0. The molecule has 4 amide bonds. The third kappa shape index (κ3) is 3.05. The fourth-order valence-corrected chi connectivity index (χ4v) is 7.30. The summed E-state index contributed by atoms with van der Waals surface area (Å²) in [5.41, 5.74) is -1.68. The van der Waals surface area contributed by atoms with E-state index >= 15 is 0 Å². The normalized spacial score (nSPS) is 31.3. The third-order valence-electron chi connectivity index (χ3n) is 8.81. The first-order chi connectivity index (χ1) is 18.5. The van der Waals surface area contributed by atoms with Gasteiger partial charge in [-0.3, -0.25) is 24.0 Å². The van der Waals surface area contributed by atoms with Crippen LogP contribution >= 0.6 is 0 Å². The highest BCUT2D eigenvalue weighted by molar-refractivity contribution is 6.27. The number of hydrogen-bond acceptors (Lipinski definition) is 6. The van der Waals surface area contributed by atoms with E-state index in [1.54, 1.807) is 13.8 Å². The lowest BCUT2D eigenvalue weighted by Crippen LogP contribution is -2.60. The van der Waals surface area contributed by atoms with Crippen LogP contribution in [0.3, 0.4) is 0 Å². The molecule has 1 saturated carbocycles. The van der Waals surface area contributed by atoms with Gasteiger partial charge in [-0.1, -0.05) is 38.1 Å². The number of benzene rings is 2. The maximum Gasteiger partial charge on any atom is 0.310 e. The van der Waals surface area contributed by atoms with Crippen LogP contribution in [0.5, 0.6) is 0 Å². The Bertz CT molecular complexity index is 1440. The van der Waals surface area contributed by atoms with Gasteiger partial charge in [0.05, 0.1) is 40.5 Å². The molecule has 0 spiro atoms. The topological polar surface area (TPSA) is 101 Å². The Balaban J connectivity index is 1.56. The van der Waals surface area contributed by atoms with Crippen LogP contribution in [0.2, 0.25) is 0 Å². The van der Waals surface area contributed by atoms with Crippen molar-refractivity contribution in [3.05, 3.63) is 71.5 Å². The summed E-state index contributed by atoms with van der Waals surface area (Å²) in [5, 5.41) is 0. The molecule has 3 fully saturated rings. The van der Waals surface area contributed by atoms with E-state index in [1.807, 2.05) is 0 Å². The van der Waals surface area contributed by atoms with E-state index in [1.165, 1.54) is 43.3 Å². The largest absolute Gasteiger partial charge is 0.430 e. The molecule has 7 rings (SSSR count). The number of anilines is 2. The Hall–Kier alpha value is -4.21. The molecule has 200 valence electrons. The number of rotatable bonds is 4. The van der Waals surface area contributed by atoms with Gasteiger partial charge >= 0.3 is 5.97 Å². The van der Waals surface area contributed by atoms with Crippen molar-refractivity contribution in [2.45, 2.75) is 27.2 Å². The molecular formula is C29H24F2N2O6. The van der Waals surface area contributed by atoms with Crippen LogP contribution < -0.4 is 9.80 Å². The van der Waals surface area contributed by atoms with Gasteiger partial charge in [0.1, 0.15) is 17.4 Å². The number of ether oxygens (including phenoxy) is 1. The number of nitrogens with zero attached hydrogens (tertiary/aromatic N) is 2. The Morgan fingerprint density at radius 1 is 0.795 bits per heavy atom. The molecule has 5 aliphatic rings. The van der Waals surface area contributed by atoms with Crippen molar-refractivity contribution in [1.29, 1.82) is 0 Å². The van der Waals surface area contributed by atoms with Crippen molar-refractivity contribution in [3.8, 4) is 0 Å². The average molecular weight is 535 g/mol. The molecule has 6 atom stereocenters. The first-order valence-electron chi connectivity index (χ1n) is 12.7. The summed E-state index contributed by atoms with van der Waals surface area (Å²) in [4.78, 5) is 69.8.